The zero-order chi connectivity index (χ0) is 14.6. The average Bonchev–Trinajstić information content (AvgIpc) is 2.46. The molecule has 20 heavy (non-hydrogen) atoms. The Balaban J connectivity index is 2.50. The van der Waals surface area contributed by atoms with Crippen molar-refractivity contribution in [1.29, 1.82) is 0 Å². The lowest BCUT2D eigenvalue weighted by Crippen LogP contribution is -2.25. The van der Waals surface area contributed by atoms with Gasteiger partial charge in [-0.2, -0.15) is 0 Å². The number of hydrogen-bond donors (Lipinski definition) is 2. The maximum atomic E-state index is 12.3. The third-order valence-electron chi connectivity index (χ3n) is 2.98. The molecule has 0 saturated heterocycles. The molecule has 2 rings (SSSR count). The minimum atomic E-state index is -3.60. The number of rotatable bonds is 6. The number of hydrogen-bond acceptors (Lipinski definition) is 4. The Bertz CT molecular complexity index is 697. The van der Waals surface area contributed by atoms with E-state index < -0.39 is 10.0 Å². The van der Waals surface area contributed by atoms with Crippen LogP contribution in [0.25, 0.3) is 10.8 Å². The van der Waals surface area contributed by atoms with E-state index >= 15 is 0 Å². The van der Waals surface area contributed by atoms with Crippen molar-refractivity contribution in [2.45, 2.75) is 11.3 Å². The Hall–Kier alpha value is -1.63. The van der Waals surface area contributed by atoms with Crippen LogP contribution in [0, 0.1) is 0 Å². The highest BCUT2D eigenvalue weighted by molar-refractivity contribution is 7.89. The van der Waals surface area contributed by atoms with Crippen LogP contribution in [0.5, 0.6) is 5.75 Å². The number of aliphatic hydroxyl groups is 1. The third-order valence-corrected chi connectivity index (χ3v) is 4.50. The number of sulfonamides is 1. The molecule has 0 radical (unpaired) electrons. The summed E-state index contributed by atoms with van der Waals surface area (Å²) in [5.41, 5.74) is 0. The highest BCUT2D eigenvalue weighted by Gasteiger charge is 2.18. The van der Waals surface area contributed by atoms with Crippen molar-refractivity contribution < 1.29 is 18.3 Å². The molecular formula is C14H17NO4S. The van der Waals surface area contributed by atoms with Gasteiger partial charge in [0.25, 0.3) is 0 Å². The zero-order valence-corrected chi connectivity index (χ0v) is 12.0. The second-order valence-electron chi connectivity index (χ2n) is 4.29. The first-order chi connectivity index (χ1) is 9.60. The summed E-state index contributed by atoms with van der Waals surface area (Å²) in [6, 6.07) is 10.4. The molecule has 0 unspecified atom stereocenters. The summed E-state index contributed by atoms with van der Waals surface area (Å²) >= 11 is 0. The monoisotopic (exact) mass is 295 g/mol. The molecule has 0 fully saturated rings. The molecule has 6 heteroatoms. The largest absolute Gasteiger partial charge is 0.496 e. The van der Waals surface area contributed by atoms with E-state index in [0.717, 1.165) is 5.39 Å². The number of ether oxygens (including phenoxy) is 1. The summed E-state index contributed by atoms with van der Waals surface area (Å²) in [7, 11) is -2.05. The topological polar surface area (TPSA) is 75.6 Å². The molecule has 0 spiro atoms. The quantitative estimate of drug-likeness (QED) is 0.792. The highest BCUT2D eigenvalue weighted by Crippen LogP contribution is 2.30. The number of benzene rings is 2. The van der Waals surface area contributed by atoms with Gasteiger partial charge in [0.1, 0.15) is 5.75 Å². The molecule has 0 heterocycles. The lowest BCUT2D eigenvalue weighted by molar-refractivity contribution is 0.289. The van der Waals surface area contributed by atoms with Crippen LogP contribution in [-0.2, 0) is 10.0 Å². The smallest absolute Gasteiger partial charge is 0.241 e. The van der Waals surface area contributed by atoms with E-state index in [1.54, 1.807) is 25.3 Å². The molecule has 2 aromatic rings. The summed E-state index contributed by atoms with van der Waals surface area (Å²) in [5, 5.41) is 10.1. The molecule has 0 aromatic heterocycles. The molecular weight excluding hydrogens is 278 g/mol. The Labute approximate surface area is 118 Å². The summed E-state index contributed by atoms with van der Waals surface area (Å²) in [4.78, 5) is 0.215. The van der Waals surface area contributed by atoms with E-state index in [-0.39, 0.29) is 18.0 Å². The van der Waals surface area contributed by atoms with Gasteiger partial charge >= 0.3 is 0 Å². The summed E-state index contributed by atoms with van der Waals surface area (Å²) in [6.07, 6.45) is 0.382. The van der Waals surface area contributed by atoms with Crippen molar-refractivity contribution in [3.05, 3.63) is 36.4 Å². The van der Waals surface area contributed by atoms with Gasteiger partial charge in [-0.3, -0.25) is 0 Å². The lowest BCUT2D eigenvalue weighted by atomic mass is 10.1. The van der Waals surface area contributed by atoms with Gasteiger partial charge in [-0.25, -0.2) is 13.1 Å². The molecule has 0 aliphatic rings. The van der Waals surface area contributed by atoms with Crippen LogP contribution in [0.4, 0.5) is 0 Å². The Morgan fingerprint density at radius 1 is 1.15 bits per heavy atom. The number of methoxy groups -OCH3 is 1. The van der Waals surface area contributed by atoms with Crippen LogP contribution >= 0.6 is 0 Å². The number of fused-ring (bicyclic) bond motifs is 1. The Morgan fingerprint density at radius 2 is 1.85 bits per heavy atom. The number of aliphatic hydroxyl groups excluding tert-OH is 1. The van der Waals surface area contributed by atoms with Gasteiger partial charge in [-0.05, 0) is 18.6 Å². The van der Waals surface area contributed by atoms with Crippen LogP contribution in [0.2, 0.25) is 0 Å². The Morgan fingerprint density at radius 3 is 2.50 bits per heavy atom. The Kier molecular flexibility index (Phi) is 4.59. The second-order valence-corrected chi connectivity index (χ2v) is 6.02. The van der Waals surface area contributed by atoms with Crippen LogP contribution in [0.1, 0.15) is 6.42 Å². The normalized spacial score (nSPS) is 11.7. The molecule has 108 valence electrons. The highest BCUT2D eigenvalue weighted by atomic mass is 32.2. The third kappa shape index (κ3) is 2.92. The first-order valence-corrected chi connectivity index (χ1v) is 7.74. The van der Waals surface area contributed by atoms with E-state index in [1.807, 2.05) is 12.1 Å². The molecule has 0 aliphatic heterocycles. The second kappa shape index (κ2) is 6.21. The van der Waals surface area contributed by atoms with Crippen molar-refractivity contribution in [2.75, 3.05) is 20.3 Å². The predicted octanol–water partition coefficient (Wildman–Crippen LogP) is 1.51. The van der Waals surface area contributed by atoms with Crippen molar-refractivity contribution in [3.63, 3.8) is 0 Å². The summed E-state index contributed by atoms with van der Waals surface area (Å²) in [5.74, 6) is 0.634. The molecule has 0 aliphatic carbocycles. The maximum Gasteiger partial charge on any atom is 0.241 e. The number of nitrogens with one attached hydrogen (secondary N) is 1. The van der Waals surface area contributed by atoms with Gasteiger partial charge in [0, 0.05) is 23.9 Å². The molecule has 5 nitrogen and oxygen atoms in total. The fourth-order valence-corrected chi connectivity index (χ4v) is 3.30. The van der Waals surface area contributed by atoms with Crippen LogP contribution < -0.4 is 9.46 Å². The molecule has 2 N–H and O–H groups in total. The SMILES string of the molecule is COc1ccc(S(=O)(=O)NCCCO)c2ccccc12. The fraction of sp³-hybridized carbons (Fsp3) is 0.286. The summed E-state index contributed by atoms with van der Waals surface area (Å²) in [6.45, 7) is 0.158. The van der Waals surface area contributed by atoms with Gasteiger partial charge in [0.15, 0.2) is 0 Å². The van der Waals surface area contributed by atoms with E-state index in [2.05, 4.69) is 4.72 Å². The maximum absolute atomic E-state index is 12.3. The molecule has 0 saturated carbocycles. The molecule has 0 amide bonds. The first kappa shape index (κ1) is 14.8. The van der Waals surface area contributed by atoms with Crippen LogP contribution in [0.3, 0.4) is 0 Å². The average molecular weight is 295 g/mol. The van der Waals surface area contributed by atoms with Crippen LogP contribution in [-0.4, -0.2) is 33.8 Å². The lowest BCUT2D eigenvalue weighted by Gasteiger charge is -2.11. The van der Waals surface area contributed by atoms with Gasteiger partial charge in [0.05, 0.1) is 12.0 Å². The van der Waals surface area contributed by atoms with Gasteiger partial charge in [-0.1, -0.05) is 24.3 Å². The van der Waals surface area contributed by atoms with Crippen molar-refractivity contribution in [3.8, 4) is 5.75 Å². The van der Waals surface area contributed by atoms with E-state index in [9.17, 15) is 8.42 Å². The zero-order valence-electron chi connectivity index (χ0n) is 11.2. The van der Waals surface area contributed by atoms with Gasteiger partial charge in [0.2, 0.25) is 10.0 Å². The van der Waals surface area contributed by atoms with Crippen molar-refractivity contribution >= 4 is 20.8 Å². The summed E-state index contributed by atoms with van der Waals surface area (Å²) < 4.78 is 32.3. The minimum Gasteiger partial charge on any atom is -0.496 e. The van der Waals surface area contributed by atoms with Crippen molar-refractivity contribution in [2.24, 2.45) is 0 Å². The first-order valence-electron chi connectivity index (χ1n) is 6.26. The minimum absolute atomic E-state index is 0.0497. The standard InChI is InChI=1S/C14H17NO4S/c1-19-13-7-8-14(12-6-3-2-5-11(12)13)20(17,18)15-9-4-10-16/h2-3,5-8,15-16H,4,9-10H2,1H3. The van der Waals surface area contributed by atoms with E-state index in [4.69, 9.17) is 9.84 Å². The molecule has 2 aromatic carbocycles. The van der Waals surface area contributed by atoms with E-state index in [0.29, 0.717) is 17.6 Å². The van der Waals surface area contributed by atoms with Gasteiger partial charge < -0.3 is 9.84 Å². The molecule has 0 bridgehead atoms. The predicted molar refractivity (Wildman–Crippen MR) is 77.4 cm³/mol. The molecule has 0 atom stereocenters. The van der Waals surface area contributed by atoms with Gasteiger partial charge in [-0.15, -0.1) is 0 Å². The fourth-order valence-electron chi connectivity index (χ4n) is 2.02. The van der Waals surface area contributed by atoms with E-state index in [1.165, 1.54) is 6.07 Å². The van der Waals surface area contributed by atoms with Crippen molar-refractivity contribution in [1.82, 2.24) is 4.72 Å². The van der Waals surface area contributed by atoms with Crippen LogP contribution in [0.15, 0.2) is 41.3 Å².